The lowest BCUT2D eigenvalue weighted by Gasteiger charge is -2.22. The van der Waals surface area contributed by atoms with Crippen LogP contribution in [-0.2, 0) is 4.74 Å². The number of aliphatic hydroxyl groups excluding tert-OH is 2. The maximum absolute atomic E-state index is 11.6. The Labute approximate surface area is 140 Å². The van der Waals surface area contributed by atoms with Crippen molar-refractivity contribution < 1.29 is 34.0 Å². The van der Waals surface area contributed by atoms with E-state index < -0.39 is 23.9 Å². The average Bonchev–Trinajstić information content (AvgIpc) is 2.97. The van der Waals surface area contributed by atoms with Crippen molar-refractivity contribution in [3.05, 3.63) is 17.7 Å². The lowest BCUT2D eigenvalue weighted by molar-refractivity contribution is 0.0128. The van der Waals surface area contributed by atoms with Crippen molar-refractivity contribution in [1.29, 1.82) is 0 Å². The molecular formula is C16H23NO7. The second-order valence-electron chi connectivity index (χ2n) is 6.35. The summed E-state index contributed by atoms with van der Waals surface area (Å²) in [6.07, 6.45) is -3.15. The van der Waals surface area contributed by atoms with Gasteiger partial charge in [0.15, 0.2) is 11.5 Å². The monoisotopic (exact) mass is 341 g/mol. The minimum Gasteiger partial charge on any atom is -0.493 e. The molecule has 8 heteroatoms. The molecule has 0 aromatic heterocycles. The van der Waals surface area contributed by atoms with Crippen LogP contribution >= 0.6 is 0 Å². The number of hydrogen-bond donors (Lipinski definition) is 3. The number of hydrogen-bond acceptors (Lipinski definition) is 7. The number of nitrogens with one attached hydrogen (secondary N) is 1. The van der Waals surface area contributed by atoms with Gasteiger partial charge < -0.3 is 34.5 Å². The Bertz CT molecular complexity index is 597. The van der Waals surface area contributed by atoms with Crippen LogP contribution in [0.5, 0.6) is 17.2 Å². The van der Waals surface area contributed by atoms with Crippen molar-refractivity contribution in [1.82, 2.24) is 5.32 Å². The fourth-order valence-electron chi connectivity index (χ4n) is 2.16. The average molecular weight is 341 g/mol. The fourth-order valence-corrected chi connectivity index (χ4v) is 2.16. The van der Waals surface area contributed by atoms with E-state index in [0.29, 0.717) is 22.8 Å². The van der Waals surface area contributed by atoms with E-state index in [2.05, 4.69) is 5.32 Å². The van der Waals surface area contributed by atoms with Crippen molar-refractivity contribution in [2.24, 2.45) is 0 Å². The summed E-state index contributed by atoms with van der Waals surface area (Å²) in [5, 5.41) is 22.8. The molecule has 0 aliphatic carbocycles. The molecule has 2 atom stereocenters. The van der Waals surface area contributed by atoms with Crippen LogP contribution in [0.3, 0.4) is 0 Å². The van der Waals surface area contributed by atoms with Gasteiger partial charge in [-0.05, 0) is 38.5 Å². The highest BCUT2D eigenvalue weighted by Gasteiger charge is 2.26. The number of aliphatic hydroxyl groups is 2. The summed E-state index contributed by atoms with van der Waals surface area (Å²) >= 11 is 0. The van der Waals surface area contributed by atoms with Crippen LogP contribution in [0.1, 0.15) is 32.4 Å². The summed E-state index contributed by atoms with van der Waals surface area (Å²) in [7, 11) is 1.47. The first-order valence-electron chi connectivity index (χ1n) is 7.52. The number of methoxy groups -OCH3 is 1. The molecule has 1 amide bonds. The third-order valence-electron chi connectivity index (χ3n) is 3.24. The van der Waals surface area contributed by atoms with Gasteiger partial charge in [-0.3, -0.25) is 0 Å². The zero-order chi connectivity index (χ0) is 17.9. The predicted molar refractivity (Wildman–Crippen MR) is 84.3 cm³/mol. The van der Waals surface area contributed by atoms with E-state index in [-0.39, 0.29) is 13.3 Å². The smallest absolute Gasteiger partial charge is 0.407 e. The van der Waals surface area contributed by atoms with E-state index >= 15 is 0 Å². The van der Waals surface area contributed by atoms with Crippen LogP contribution in [-0.4, -0.2) is 48.5 Å². The molecule has 0 bridgehead atoms. The Morgan fingerprint density at radius 3 is 2.67 bits per heavy atom. The second-order valence-corrected chi connectivity index (χ2v) is 6.35. The Hall–Kier alpha value is -2.19. The summed E-state index contributed by atoms with van der Waals surface area (Å²) in [6, 6.07) is 3.11. The first-order valence-corrected chi connectivity index (χ1v) is 7.52. The molecule has 0 radical (unpaired) electrons. The molecule has 8 nitrogen and oxygen atoms in total. The Morgan fingerprint density at radius 2 is 2.04 bits per heavy atom. The van der Waals surface area contributed by atoms with Gasteiger partial charge in [0, 0.05) is 6.54 Å². The highest BCUT2D eigenvalue weighted by molar-refractivity contribution is 5.67. The first kappa shape index (κ1) is 18.2. The Balaban J connectivity index is 2.01. The first-order chi connectivity index (χ1) is 11.2. The van der Waals surface area contributed by atoms with Gasteiger partial charge in [-0.25, -0.2) is 4.79 Å². The molecule has 1 aromatic carbocycles. The summed E-state index contributed by atoms with van der Waals surface area (Å²) in [6.45, 7) is 5.09. The lowest BCUT2D eigenvalue weighted by atomic mass is 10.0. The minimum atomic E-state index is -1.25. The number of fused-ring (bicyclic) bond motifs is 1. The van der Waals surface area contributed by atoms with Crippen molar-refractivity contribution in [2.45, 2.75) is 38.6 Å². The molecule has 3 N–H and O–H groups in total. The maximum Gasteiger partial charge on any atom is 0.407 e. The Morgan fingerprint density at radius 1 is 1.33 bits per heavy atom. The molecule has 134 valence electrons. The molecule has 2 rings (SSSR count). The van der Waals surface area contributed by atoms with Gasteiger partial charge in [0.2, 0.25) is 12.5 Å². The number of benzene rings is 1. The quantitative estimate of drug-likeness (QED) is 0.742. The molecule has 1 aliphatic rings. The standard InChI is InChI=1S/C16H23NO7/c1-16(2,3)24-15(20)17-7-10(18)13(19)9-5-11(21-4)14-12(6-9)22-8-23-14/h5-6,10,13,18-19H,7-8H2,1-4H3,(H,17,20). The molecule has 0 spiro atoms. The van der Waals surface area contributed by atoms with Gasteiger partial charge in [-0.2, -0.15) is 0 Å². The number of carbonyl (C=O) groups is 1. The molecule has 1 aromatic rings. The van der Waals surface area contributed by atoms with E-state index in [0.717, 1.165) is 0 Å². The van der Waals surface area contributed by atoms with Crippen molar-refractivity contribution in [2.75, 3.05) is 20.4 Å². The third kappa shape index (κ3) is 4.42. The maximum atomic E-state index is 11.6. The van der Waals surface area contributed by atoms with Crippen molar-refractivity contribution in [3.63, 3.8) is 0 Å². The Kier molecular flexibility index (Phi) is 5.40. The molecule has 1 heterocycles. The van der Waals surface area contributed by atoms with Crippen LogP contribution in [0.15, 0.2) is 12.1 Å². The fraction of sp³-hybridized carbons (Fsp3) is 0.562. The molecule has 0 saturated carbocycles. The van der Waals surface area contributed by atoms with Crippen LogP contribution in [0, 0.1) is 0 Å². The van der Waals surface area contributed by atoms with Gasteiger partial charge in [0.05, 0.1) is 7.11 Å². The van der Waals surface area contributed by atoms with Gasteiger partial charge >= 0.3 is 6.09 Å². The summed E-state index contributed by atoms with van der Waals surface area (Å²) in [5.74, 6) is 1.27. The summed E-state index contributed by atoms with van der Waals surface area (Å²) in [5.41, 5.74) is -0.257. The number of ether oxygens (including phenoxy) is 4. The number of alkyl carbamates (subject to hydrolysis) is 1. The normalized spacial score (nSPS) is 15.6. The zero-order valence-corrected chi connectivity index (χ0v) is 14.2. The number of carbonyl (C=O) groups excluding carboxylic acids is 1. The molecule has 0 saturated heterocycles. The predicted octanol–water partition coefficient (Wildman–Crippen LogP) is 1.34. The number of rotatable bonds is 5. The van der Waals surface area contributed by atoms with E-state index in [1.807, 2.05) is 0 Å². The zero-order valence-electron chi connectivity index (χ0n) is 14.2. The lowest BCUT2D eigenvalue weighted by Crippen LogP contribution is -2.38. The molecule has 0 fully saturated rings. The van der Waals surface area contributed by atoms with Gasteiger partial charge in [0.25, 0.3) is 0 Å². The largest absolute Gasteiger partial charge is 0.493 e. The summed E-state index contributed by atoms with van der Waals surface area (Å²) < 4.78 is 20.8. The summed E-state index contributed by atoms with van der Waals surface area (Å²) in [4.78, 5) is 11.6. The third-order valence-corrected chi connectivity index (χ3v) is 3.24. The second kappa shape index (κ2) is 7.14. The minimum absolute atomic E-state index is 0.0635. The molecule has 1 aliphatic heterocycles. The molecule has 24 heavy (non-hydrogen) atoms. The highest BCUT2D eigenvalue weighted by Crippen LogP contribution is 2.43. The topological polar surface area (TPSA) is 106 Å². The van der Waals surface area contributed by atoms with Gasteiger partial charge in [-0.1, -0.05) is 0 Å². The van der Waals surface area contributed by atoms with E-state index in [9.17, 15) is 15.0 Å². The van der Waals surface area contributed by atoms with Crippen LogP contribution < -0.4 is 19.5 Å². The van der Waals surface area contributed by atoms with E-state index in [1.54, 1.807) is 32.9 Å². The van der Waals surface area contributed by atoms with E-state index in [4.69, 9.17) is 18.9 Å². The van der Waals surface area contributed by atoms with Gasteiger partial charge in [-0.15, -0.1) is 0 Å². The SMILES string of the molecule is COc1cc(C(O)C(O)CNC(=O)OC(C)(C)C)cc2c1OCO2. The van der Waals surface area contributed by atoms with Crippen LogP contribution in [0.25, 0.3) is 0 Å². The number of amides is 1. The molecular weight excluding hydrogens is 318 g/mol. The highest BCUT2D eigenvalue weighted by atomic mass is 16.7. The van der Waals surface area contributed by atoms with Crippen molar-refractivity contribution >= 4 is 6.09 Å². The van der Waals surface area contributed by atoms with Gasteiger partial charge in [0.1, 0.15) is 17.8 Å². The van der Waals surface area contributed by atoms with Crippen LogP contribution in [0.2, 0.25) is 0 Å². The molecule has 2 unspecified atom stereocenters. The van der Waals surface area contributed by atoms with Crippen LogP contribution in [0.4, 0.5) is 4.79 Å². The van der Waals surface area contributed by atoms with Crippen molar-refractivity contribution in [3.8, 4) is 17.2 Å². The van der Waals surface area contributed by atoms with E-state index in [1.165, 1.54) is 7.11 Å².